The van der Waals surface area contributed by atoms with Crippen LogP contribution in [0.5, 0.6) is 0 Å². The van der Waals surface area contributed by atoms with Gasteiger partial charge in [-0.2, -0.15) is 0 Å². The van der Waals surface area contributed by atoms with Gasteiger partial charge in [0.25, 0.3) is 0 Å². The Morgan fingerprint density at radius 2 is 1.94 bits per heavy atom. The van der Waals surface area contributed by atoms with E-state index in [4.69, 9.17) is 0 Å². The fraction of sp³-hybridized carbons (Fsp3) is 0.500. The number of hydrogen-bond acceptors (Lipinski definition) is 2. The van der Waals surface area contributed by atoms with Gasteiger partial charge in [-0.15, -0.1) is 0 Å². The minimum atomic E-state index is 0.0762. The van der Waals surface area contributed by atoms with E-state index in [1.54, 1.807) is 0 Å². The summed E-state index contributed by atoms with van der Waals surface area (Å²) in [6, 6.07) is 6.37. The van der Waals surface area contributed by atoms with Crippen molar-refractivity contribution in [3.8, 4) is 0 Å². The van der Waals surface area contributed by atoms with Crippen LogP contribution in [0.1, 0.15) is 39.7 Å². The Bertz CT molecular complexity index is 446. The van der Waals surface area contributed by atoms with Crippen molar-refractivity contribution >= 4 is 17.3 Å². The van der Waals surface area contributed by atoms with Gasteiger partial charge >= 0.3 is 0 Å². The molecule has 0 fully saturated rings. The molecule has 17 heavy (non-hydrogen) atoms. The summed E-state index contributed by atoms with van der Waals surface area (Å²) < 4.78 is 0. The standard InChI is InChI=1S/C14H20N2O/c1-9-7-13(17)16-11-6-5-10(14(2,3)4)8-12(11)15-9/h5-6,8-9,15H,7H2,1-4H3,(H,16,17). The number of anilines is 2. The summed E-state index contributed by atoms with van der Waals surface area (Å²) in [4.78, 5) is 11.6. The van der Waals surface area contributed by atoms with Crippen LogP contribution in [0.25, 0.3) is 0 Å². The molecule has 3 nitrogen and oxygen atoms in total. The maximum atomic E-state index is 11.6. The first kappa shape index (κ1) is 12.0. The second-order valence-corrected chi connectivity index (χ2v) is 5.81. The van der Waals surface area contributed by atoms with E-state index in [1.807, 2.05) is 13.0 Å². The lowest BCUT2D eigenvalue weighted by Gasteiger charge is -2.21. The normalized spacial score (nSPS) is 20.0. The second-order valence-electron chi connectivity index (χ2n) is 5.81. The molecule has 92 valence electrons. The maximum absolute atomic E-state index is 11.6. The average molecular weight is 232 g/mol. The number of carbonyl (C=O) groups excluding carboxylic acids is 1. The smallest absolute Gasteiger partial charge is 0.226 e. The van der Waals surface area contributed by atoms with Crippen LogP contribution in [0.2, 0.25) is 0 Å². The minimum absolute atomic E-state index is 0.0762. The second kappa shape index (κ2) is 4.06. The number of carbonyl (C=O) groups is 1. The van der Waals surface area contributed by atoms with E-state index in [0.29, 0.717) is 6.42 Å². The Kier molecular flexibility index (Phi) is 2.86. The third kappa shape index (κ3) is 2.60. The van der Waals surface area contributed by atoms with E-state index >= 15 is 0 Å². The molecule has 0 aliphatic carbocycles. The van der Waals surface area contributed by atoms with Crippen molar-refractivity contribution in [2.45, 2.75) is 45.6 Å². The molecule has 2 rings (SSSR count). The lowest BCUT2D eigenvalue weighted by molar-refractivity contribution is -0.116. The van der Waals surface area contributed by atoms with Crippen LogP contribution in [0.3, 0.4) is 0 Å². The molecule has 1 amide bonds. The van der Waals surface area contributed by atoms with Crippen molar-refractivity contribution in [2.75, 3.05) is 10.6 Å². The first-order valence-electron chi connectivity index (χ1n) is 6.07. The summed E-state index contributed by atoms with van der Waals surface area (Å²) in [7, 11) is 0. The zero-order chi connectivity index (χ0) is 12.6. The van der Waals surface area contributed by atoms with E-state index in [-0.39, 0.29) is 17.4 Å². The lowest BCUT2D eigenvalue weighted by Crippen LogP contribution is -2.19. The lowest BCUT2D eigenvalue weighted by atomic mass is 9.86. The summed E-state index contributed by atoms with van der Waals surface area (Å²) in [6.45, 7) is 8.59. The Morgan fingerprint density at radius 1 is 1.24 bits per heavy atom. The van der Waals surface area contributed by atoms with Gasteiger partial charge in [-0.1, -0.05) is 26.8 Å². The molecule has 0 radical (unpaired) electrons. The van der Waals surface area contributed by atoms with Crippen molar-refractivity contribution in [1.29, 1.82) is 0 Å². The highest BCUT2D eigenvalue weighted by Crippen LogP contribution is 2.32. The van der Waals surface area contributed by atoms with Gasteiger partial charge < -0.3 is 10.6 Å². The molecule has 3 heteroatoms. The van der Waals surface area contributed by atoms with Crippen LogP contribution in [-0.2, 0) is 10.2 Å². The first-order valence-corrected chi connectivity index (χ1v) is 6.07. The molecule has 0 saturated carbocycles. The Labute approximate surface area is 103 Å². The molecular weight excluding hydrogens is 212 g/mol. The van der Waals surface area contributed by atoms with Gasteiger partial charge in [0.15, 0.2) is 0 Å². The molecule has 1 heterocycles. The van der Waals surface area contributed by atoms with E-state index in [0.717, 1.165) is 11.4 Å². The summed E-state index contributed by atoms with van der Waals surface area (Å²) in [5.41, 5.74) is 3.30. The van der Waals surface area contributed by atoms with E-state index in [9.17, 15) is 4.79 Å². The highest BCUT2D eigenvalue weighted by molar-refractivity contribution is 5.96. The predicted octanol–water partition coefficient (Wildman–Crippen LogP) is 3.13. The molecule has 1 aromatic carbocycles. The summed E-state index contributed by atoms with van der Waals surface area (Å²) in [5.74, 6) is 0.0762. The number of benzene rings is 1. The van der Waals surface area contributed by atoms with Gasteiger partial charge in [0.1, 0.15) is 0 Å². The highest BCUT2D eigenvalue weighted by Gasteiger charge is 2.20. The van der Waals surface area contributed by atoms with Gasteiger partial charge in [0.2, 0.25) is 5.91 Å². The molecule has 1 aromatic rings. The molecule has 0 saturated heterocycles. The third-order valence-electron chi connectivity index (χ3n) is 3.05. The summed E-state index contributed by atoms with van der Waals surface area (Å²) in [6.07, 6.45) is 0.513. The van der Waals surface area contributed by atoms with E-state index in [2.05, 4.69) is 43.5 Å². The molecular formula is C14H20N2O. The Hall–Kier alpha value is -1.51. The van der Waals surface area contributed by atoms with Crippen molar-refractivity contribution in [1.82, 2.24) is 0 Å². The minimum Gasteiger partial charge on any atom is -0.380 e. The highest BCUT2D eigenvalue weighted by atomic mass is 16.1. The Balaban J connectivity index is 2.41. The monoisotopic (exact) mass is 232 g/mol. The van der Waals surface area contributed by atoms with E-state index < -0.39 is 0 Å². The number of hydrogen-bond donors (Lipinski definition) is 2. The molecule has 1 aliphatic heterocycles. The van der Waals surface area contributed by atoms with Crippen LogP contribution in [-0.4, -0.2) is 11.9 Å². The van der Waals surface area contributed by atoms with Crippen LogP contribution in [0.15, 0.2) is 18.2 Å². The van der Waals surface area contributed by atoms with Crippen molar-refractivity contribution in [2.24, 2.45) is 0 Å². The zero-order valence-electron chi connectivity index (χ0n) is 10.9. The van der Waals surface area contributed by atoms with Crippen molar-refractivity contribution in [3.63, 3.8) is 0 Å². The third-order valence-corrected chi connectivity index (χ3v) is 3.05. The zero-order valence-corrected chi connectivity index (χ0v) is 10.9. The Morgan fingerprint density at radius 3 is 2.59 bits per heavy atom. The average Bonchev–Trinajstić information content (AvgIpc) is 2.31. The topological polar surface area (TPSA) is 41.1 Å². The van der Waals surface area contributed by atoms with Crippen LogP contribution < -0.4 is 10.6 Å². The van der Waals surface area contributed by atoms with Crippen molar-refractivity contribution < 1.29 is 4.79 Å². The molecule has 1 aliphatic rings. The SMILES string of the molecule is CC1CC(=O)Nc2ccc(C(C)(C)C)cc2N1. The first-order chi connectivity index (χ1) is 7.86. The molecule has 0 spiro atoms. The fourth-order valence-electron chi connectivity index (χ4n) is 2.03. The number of fused-ring (bicyclic) bond motifs is 1. The van der Waals surface area contributed by atoms with Gasteiger partial charge in [-0.3, -0.25) is 4.79 Å². The fourth-order valence-corrected chi connectivity index (χ4v) is 2.03. The number of nitrogens with one attached hydrogen (secondary N) is 2. The quantitative estimate of drug-likeness (QED) is 0.721. The molecule has 0 aromatic heterocycles. The number of amides is 1. The number of rotatable bonds is 0. The summed E-state index contributed by atoms with van der Waals surface area (Å²) >= 11 is 0. The van der Waals surface area contributed by atoms with Gasteiger partial charge in [-0.05, 0) is 30.0 Å². The van der Waals surface area contributed by atoms with Crippen molar-refractivity contribution in [3.05, 3.63) is 23.8 Å². The van der Waals surface area contributed by atoms with Crippen LogP contribution >= 0.6 is 0 Å². The molecule has 1 unspecified atom stereocenters. The van der Waals surface area contributed by atoms with E-state index in [1.165, 1.54) is 5.56 Å². The van der Waals surface area contributed by atoms with Gasteiger partial charge in [0.05, 0.1) is 11.4 Å². The largest absolute Gasteiger partial charge is 0.380 e. The van der Waals surface area contributed by atoms with Gasteiger partial charge in [0, 0.05) is 12.5 Å². The predicted molar refractivity (Wildman–Crippen MR) is 71.5 cm³/mol. The molecule has 2 N–H and O–H groups in total. The van der Waals surface area contributed by atoms with Gasteiger partial charge in [-0.25, -0.2) is 0 Å². The maximum Gasteiger partial charge on any atom is 0.226 e. The summed E-state index contributed by atoms with van der Waals surface area (Å²) in [5, 5.41) is 6.31. The molecule has 0 bridgehead atoms. The van der Waals surface area contributed by atoms with Crippen LogP contribution in [0.4, 0.5) is 11.4 Å². The van der Waals surface area contributed by atoms with Crippen LogP contribution in [0, 0.1) is 0 Å². The molecule has 1 atom stereocenters.